The topological polar surface area (TPSA) is 55.2 Å². The third kappa shape index (κ3) is 2.69. The van der Waals surface area contributed by atoms with Crippen molar-refractivity contribution in [3.63, 3.8) is 0 Å². The molecule has 0 amide bonds. The number of halogens is 1. The molecule has 0 unspecified atom stereocenters. The summed E-state index contributed by atoms with van der Waals surface area (Å²) in [5, 5.41) is 3.74. The highest BCUT2D eigenvalue weighted by molar-refractivity contribution is 7.92. The fraction of sp³-hybridized carbons (Fsp3) is 0.286. The van der Waals surface area contributed by atoms with Gasteiger partial charge in [-0.15, -0.1) is 0 Å². The molecule has 5 rings (SSSR count). The van der Waals surface area contributed by atoms with Crippen LogP contribution in [0.4, 0.5) is 4.39 Å². The minimum Gasteiger partial charge on any atom is -0.297 e. The van der Waals surface area contributed by atoms with Crippen molar-refractivity contribution in [2.75, 3.05) is 13.1 Å². The fourth-order valence-electron chi connectivity index (χ4n) is 4.47. The first-order valence-corrected chi connectivity index (χ1v) is 10.8. The maximum absolute atomic E-state index is 14.0. The molecule has 1 saturated heterocycles. The summed E-state index contributed by atoms with van der Waals surface area (Å²) in [5.41, 5.74) is 3.41. The van der Waals surface area contributed by atoms with E-state index < -0.39 is 15.1 Å². The summed E-state index contributed by atoms with van der Waals surface area (Å²) in [6, 6.07) is 12.2. The molecular weight excluding hydrogens is 377 g/mol. The second-order valence-corrected chi connectivity index (χ2v) is 9.77. The Morgan fingerprint density at radius 1 is 1.14 bits per heavy atom. The van der Waals surface area contributed by atoms with Crippen molar-refractivity contribution >= 4 is 9.84 Å². The van der Waals surface area contributed by atoms with Gasteiger partial charge in [0.15, 0.2) is 9.84 Å². The highest BCUT2D eigenvalue weighted by Crippen LogP contribution is 2.46. The van der Waals surface area contributed by atoms with Gasteiger partial charge in [0.2, 0.25) is 0 Å². The van der Waals surface area contributed by atoms with E-state index in [0.717, 1.165) is 16.7 Å². The van der Waals surface area contributed by atoms with Crippen molar-refractivity contribution in [3.8, 4) is 11.1 Å². The van der Waals surface area contributed by atoms with E-state index in [4.69, 9.17) is 0 Å². The second-order valence-electron chi connectivity index (χ2n) is 7.63. The summed E-state index contributed by atoms with van der Waals surface area (Å²) in [6.45, 7) is 1.47. The maximum atomic E-state index is 14.0. The van der Waals surface area contributed by atoms with Gasteiger partial charge >= 0.3 is 0 Å². The fourth-order valence-corrected chi connectivity index (χ4v) is 6.67. The predicted molar refractivity (Wildman–Crippen MR) is 104 cm³/mol. The van der Waals surface area contributed by atoms with Gasteiger partial charge < -0.3 is 0 Å². The van der Waals surface area contributed by atoms with Crippen molar-refractivity contribution in [2.24, 2.45) is 7.05 Å². The molecule has 2 aliphatic rings. The van der Waals surface area contributed by atoms with Crippen molar-refractivity contribution in [1.82, 2.24) is 14.7 Å². The molecule has 2 atom stereocenters. The van der Waals surface area contributed by atoms with Gasteiger partial charge in [-0.1, -0.05) is 24.3 Å². The van der Waals surface area contributed by atoms with Gasteiger partial charge in [0, 0.05) is 49.9 Å². The normalized spacial score (nSPS) is 22.9. The molecule has 2 aromatic carbocycles. The van der Waals surface area contributed by atoms with Crippen molar-refractivity contribution < 1.29 is 12.8 Å². The van der Waals surface area contributed by atoms with Crippen molar-refractivity contribution in [1.29, 1.82) is 0 Å². The van der Waals surface area contributed by atoms with Gasteiger partial charge in [-0.3, -0.25) is 9.58 Å². The molecule has 0 radical (unpaired) electrons. The van der Waals surface area contributed by atoms with E-state index in [1.165, 1.54) is 6.07 Å². The molecule has 3 heterocycles. The quantitative estimate of drug-likeness (QED) is 0.682. The zero-order chi connectivity index (χ0) is 19.5. The summed E-state index contributed by atoms with van der Waals surface area (Å²) in [5.74, 6) is -0.329. The zero-order valence-corrected chi connectivity index (χ0v) is 16.2. The van der Waals surface area contributed by atoms with Crippen LogP contribution in [0.25, 0.3) is 11.1 Å². The molecule has 3 aromatic rings. The van der Waals surface area contributed by atoms with E-state index in [-0.39, 0.29) is 11.7 Å². The van der Waals surface area contributed by atoms with Crippen LogP contribution in [0.1, 0.15) is 17.0 Å². The van der Waals surface area contributed by atoms with Crippen LogP contribution in [-0.2, 0) is 23.4 Å². The molecule has 0 N–H and O–H groups in total. The number of likely N-dealkylation sites (tertiary alicyclic amines) is 1. The van der Waals surface area contributed by atoms with E-state index in [1.807, 2.05) is 36.3 Å². The number of benzene rings is 2. The number of aryl methyl sites for hydroxylation is 1. The van der Waals surface area contributed by atoms with Gasteiger partial charge in [-0.05, 0) is 29.3 Å². The highest BCUT2D eigenvalue weighted by Gasteiger charge is 2.50. The molecule has 7 heteroatoms. The van der Waals surface area contributed by atoms with Gasteiger partial charge in [-0.2, -0.15) is 5.10 Å². The lowest BCUT2D eigenvalue weighted by atomic mass is 9.95. The van der Waals surface area contributed by atoms with Gasteiger partial charge in [0.05, 0.1) is 16.3 Å². The summed E-state index contributed by atoms with van der Waals surface area (Å²) < 4.78 is 41.9. The van der Waals surface area contributed by atoms with Crippen LogP contribution in [0.2, 0.25) is 0 Å². The van der Waals surface area contributed by atoms with Gasteiger partial charge in [-0.25, -0.2) is 12.8 Å². The first-order chi connectivity index (χ1) is 13.4. The standard InChI is InChI=1S/C21H20FN3O2S/c1-24-10-16(9-23-24)14-6-7-20-17(8-14)18-12-25(13-21(18)28(20,26)27)11-15-4-2-3-5-19(15)22/h2-10,18,21H,11-13H2,1H3/t18-,21+/m1/s1. The number of sulfone groups is 1. The van der Waals surface area contributed by atoms with Gasteiger partial charge in [0.25, 0.3) is 0 Å². The minimum absolute atomic E-state index is 0.0802. The average molecular weight is 397 g/mol. The molecule has 28 heavy (non-hydrogen) atoms. The Balaban J connectivity index is 1.48. The lowest BCUT2D eigenvalue weighted by Crippen LogP contribution is -2.26. The van der Waals surface area contributed by atoms with Crippen LogP contribution in [0, 0.1) is 5.82 Å². The Morgan fingerprint density at radius 3 is 2.71 bits per heavy atom. The highest BCUT2D eigenvalue weighted by atomic mass is 32.2. The van der Waals surface area contributed by atoms with Crippen LogP contribution >= 0.6 is 0 Å². The second kappa shape index (κ2) is 6.25. The summed E-state index contributed by atoms with van der Waals surface area (Å²) in [6.07, 6.45) is 3.70. The monoisotopic (exact) mass is 397 g/mol. The minimum atomic E-state index is -3.37. The Bertz CT molecular complexity index is 1170. The smallest absolute Gasteiger partial charge is 0.183 e. The van der Waals surface area contributed by atoms with E-state index in [0.29, 0.717) is 30.1 Å². The molecule has 0 bridgehead atoms. The molecule has 2 aliphatic heterocycles. The Labute approximate surface area is 163 Å². The zero-order valence-electron chi connectivity index (χ0n) is 15.4. The summed E-state index contributed by atoms with van der Waals surface area (Å²) in [7, 11) is -1.51. The van der Waals surface area contributed by atoms with Crippen molar-refractivity contribution in [2.45, 2.75) is 22.6 Å². The average Bonchev–Trinajstić information content (AvgIpc) is 3.34. The van der Waals surface area contributed by atoms with Crippen molar-refractivity contribution in [3.05, 3.63) is 71.8 Å². The Morgan fingerprint density at radius 2 is 1.96 bits per heavy atom. The van der Waals surface area contributed by atoms with Crippen LogP contribution in [0.15, 0.2) is 59.8 Å². The molecule has 144 valence electrons. The van der Waals surface area contributed by atoms with Crippen LogP contribution in [0.3, 0.4) is 0 Å². The number of fused-ring (bicyclic) bond motifs is 3. The molecular formula is C21H20FN3O2S. The third-order valence-corrected chi connectivity index (χ3v) is 8.11. The molecule has 5 nitrogen and oxygen atoms in total. The molecule has 0 spiro atoms. The first-order valence-electron chi connectivity index (χ1n) is 9.26. The maximum Gasteiger partial charge on any atom is 0.183 e. The largest absolute Gasteiger partial charge is 0.297 e. The lowest BCUT2D eigenvalue weighted by molar-refractivity contribution is 0.320. The number of nitrogens with zero attached hydrogens (tertiary/aromatic N) is 3. The molecule has 0 aliphatic carbocycles. The number of rotatable bonds is 3. The lowest BCUT2D eigenvalue weighted by Gasteiger charge is -2.18. The van der Waals surface area contributed by atoms with E-state index in [9.17, 15) is 12.8 Å². The van der Waals surface area contributed by atoms with E-state index in [2.05, 4.69) is 5.10 Å². The van der Waals surface area contributed by atoms with Gasteiger partial charge in [0.1, 0.15) is 5.82 Å². The van der Waals surface area contributed by atoms with E-state index in [1.54, 1.807) is 29.1 Å². The van der Waals surface area contributed by atoms with E-state index >= 15 is 0 Å². The Kier molecular flexibility index (Phi) is 3.93. The predicted octanol–water partition coefficient (Wildman–Crippen LogP) is 2.98. The number of aromatic nitrogens is 2. The third-order valence-electron chi connectivity index (χ3n) is 5.85. The van der Waals surface area contributed by atoms with Crippen LogP contribution < -0.4 is 0 Å². The SMILES string of the molecule is Cn1cc(-c2ccc3c(c2)[C@H]2CN(Cc4ccccc4F)C[C@@H]2S3(=O)=O)cn1. The summed E-state index contributed by atoms with van der Waals surface area (Å²) >= 11 is 0. The molecule has 1 aromatic heterocycles. The summed E-state index contributed by atoms with van der Waals surface area (Å²) in [4.78, 5) is 2.49. The molecule has 1 fully saturated rings. The Hall–Kier alpha value is -2.51. The molecule has 0 saturated carbocycles. The van der Waals surface area contributed by atoms with Crippen LogP contribution in [0.5, 0.6) is 0 Å². The van der Waals surface area contributed by atoms with Crippen LogP contribution in [-0.4, -0.2) is 41.4 Å². The number of hydrogen-bond donors (Lipinski definition) is 0. The first kappa shape index (κ1) is 17.6. The number of hydrogen-bond acceptors (Lipinski definition) is 4.